The monoisotopic (exact) mass is 291 g/mol. The van der Waals surface area contributed by atoms with Crippen molar-refractivity contribution in [3.05, 3.63) is 45.5 Å². The lowest BCUT2D eigenvalue weighted by Gasteiger charge is -2.06. The predicted molar refractivity (Wildman–Crippen MR) is 80.0 cm³/mol. The highest BCUT2D eigenvalue weighted by Gasteiger charge is 2.12. The molecule has 19 heavy (non-hydrogen) atoms. The highest BCUT2D eigenvalue weighted by atomic mass is 35.5. The highest BCUT2D eigenvalue weighted by molar-refractivity contribution is 7.08. The second kappa shape index (κ2) is 4.94. The van der Waals surface area contributed by atoms with E-state index in [2.05, 4.69) is 38.3 Å². The van der Waals surface area contributed by atoms with Crippen molar-refractivity contribution in [3.8, 4) is 0 Å². The van der Waals surface area contributed by atoms with E-state index in [1.807, 2.05) is 13.1 Å². The Bertz CT molecular complexity index is 729. The van der Waals surface area contributed by atoms with Crippen molar-refractivity contribution in [2.45, 2.75) is 26.3 Å². The first-order chi connectivity index (χ1) is 9.19. The summed E-state index contributed by atoms with van der Waals surface area (Å²) in [7, 11) is 0. The molecule has 0 N–H and O–H groups in total. The number of hydrogen-bond donors (Lipinski definition) is 0. The second-order valence-electron chi connectivity index (χ2n) is 4.68. The van der Waals surface area contributed by atoms with Crippen molar-refractivity contribution < 1.29 is 0 Å². The van der Waals surface area contributed by atoms with Crippen LogP contribution in [0.4, 0.5) is 0 Å². The molecule has 98 valence electrons. The number of alkyl halides is 1. The molecule has 0 aromatic carbocycles. The zero-order valence-electron chi connectivity index (χ0n) is 10.9. The average Bonchev–Trinajstić information content (AvgIpc) is 2.94. The van der Waals surface area contributed by atoms with Crippen LogP contribution in [0.15, 0.2) is 23.0 Å². The van der Waals surface area contributed by atoms with E-state index >= 15 is 0 Å². The minimum Gasteiger partial charge on any atom is -0.307 e. The van der Waals surface area contributed by atoms with Crippen LogP contribution in [0.5, 0.6) is 0 Å². The fourth-order valence-electron chi connectivity index (χ4n) is 2.15. The Kier molecular flexibility index (Phi) is 3.29. The summed E-state index contributed by atoms with van der Waals surface area (Å²) in [5, 5.41) is 4.33. The maximum absolute atomic E-state index is 6.01. The molecule has 3 rings (SSSR count). The summed E-state index contributed by atoms with van der Waals surface area (Å²) in [4.78, 5) is 9.08. The van der Waals surface area contributed by atoms with Gasteiger partial charge in [0.15, 0.2) is 5.65 Å². The van der Waals surface area contributed by atoms with E-state index in [0.29, 0.717) is 5.88 Å². The Labute approximate surface area is 120 Å². The molecule has 0 fully saturated rings. The molecule has 0 amide bonds. The summed E-state index contributed by atoms with van der Waals surface area (Å²) in [6.45, 7) is 4.93. The van der Waals surface area contributed by atoms with Crippen molar-refractivity contribution in [2.24, 2.45) is 0 Å². The summed E-state index contributed by atoms with van der Waals surface area (Å²) in [6, 6.07) is 2.05. The van der Waals surface area contributed by atoms with Crippen LogP contribution < -0.4 is 0 Å². The molecule has 0 aliphatic carbocycles. The normalized spacial score (nSPS) is 11.3. The second-order valence-corrected chi connectivity index (χ2v) is 5.69. The van der Waals surface area contributed by atoms with E-state index in [1.54, 1.807) is 11.3 Å². The number of rotatable bonds is 3. The molecule has 0 unspecified atom stereocenters. The van der Waals surface area contributed by atoms with Gasteiger partial charge in [-0.15, -0.1) is 11.6 Å². The summed E-state index contributed by atoms with van der Waals surface area (Å²) < 4.78 is 2.11. The van der Waals surface area contributed by atoms with E-state index in [9.17, 15) is 0 Å². The molecule has 0 radical (unpaired) electrons. The average molecular weight is 292 g/mol. The zero-order valence-corrected chi connectivity index (χ0v) is 12.4. The number of pyridine rings is 1. The van der Waals surface area contributed by atoms with Gasteiger partial charge in [0, 0.05) is 6.20 Å². The third-order valence-electron chi connectivity index (χ3n) is 3.21. The van der Waals surface area contributed by atoms with Crippen LogP contribution in [-0.4, -0.2) is 14.5 Å². The number of aryl methyl sites for hydroxylation is 2. The molecule has 0 bridgehead atoms. The number of nitrogens with zero attached hydrogens (tertiary/aromatic N) is 3. The molecule has 0 saturated carbocycles. The SMILES string of the molecule is Cc1cnc2c(c1)nc(CCl)n2Cc1cscc1C. The van der Waals surface area contributed by atoms with Gasteiger partial charge >= 0.3 is 0 Å². The first-order valence-corrected chi connectivity index (χ1v) is 7.56. The van der Waals surface area contributed by atoms with Crippen molar-refractivity contribution in [1.82, 2.24) is 14.5 Å². The molecule has 0 saturated heterocycles. The Balaban J connectivity index is 2.13. The molecule has 0 atom stereocenters. The number of hydrogen-bond acceptors (Lipinski definition) is 3. The maximum atomic E-state index is 6.01. The van der Waals surface area contributed by atoms with Gasteiger partial charge in [0.05, 0.1) is 12.4 Å². The van der Waals surface area contributed by atoms with Crippen molar-refractivity contribution in [3.63, 3.8) is 0 Å². The van der Waals surface area contributed by atoms with E-state index in [0.717, 1.165) is 29.1 Å². The molecule has 3 aromatic heterocycles. The van der Waals surface area contributed by atoms with Crippen LogP contribution in [0.3, 0.4) is 0 Å². The predicted octanol–water partition coefficient (Wildman–Crippen LogP) is 3.90. The smallest absolute Gasteiger partial charge is 0.160 e. The third kappa shape index (κ3) is 2.26. The van der Waals surface area contributed by atoms with Gasteiger partial charge in [-0.2, -0.15) is 11.3 Å². The maximum Gasteiger partial charge on any atom is 0.160 e. The van der Waals surface area contributed by atoms with Crippen LogP contribution in [0.25, 0.3) is 11.2 Å². The summed E-state index contributed by atoms with van der Waals surface area (Å²) in [6.07, 6.45) is 1.87. The lowest BCUT2D eigenvalue weighted by molar-refractivity contribution is 0.769. The number of fused-ring (bicyclic) bond motifs is 1. The quantitative estimate of drug-likeness (QED) is 0.685. The van der Waals surface area contributed by atoms with Crippen LogP contribution >= 0.6 is 22.9 Å². The lowest BCUT2D eigenvalue weighted by Crippen LogP contribution is -2.04. The van der Waals surface area contributed by atoms with E-state index in [4.69, 9.17) is 11.6 Å². The molecule has 3 heterocycles. The molecule has 3 nitrogen and oxygen atoms in total. The lowest BCUT2D eigenvalue weighted by atomic mass is 10.2. The van der Waals surface area contributed by atoms with E-state index in [1.165, 1.54) is 11.1 Å². The molecule has 0 aliphatic rings. The first kappa shape index (κ1) is 12.6. The van der Waals surface area contributed by atoms with Crippen molar-refractivity contribution in [2.75, 3.05) is 0 Å². The highest BCUT2D eigenvalue weighted by Crippen LogP contribution is 2.21. The molecule has 0 spiro atoms. The van der Waals surface area contributed by atoms with Gasteiger partial charge in [0.1, 0.15) is 11.3 Å². The van der Waals surface area contributed by atoms with Gasteiger partial charge in [-0.05, 0) is 47.4 Å². The summed E-state index contributed by atoms with van der Waals surface area (Å²) in [5.74, 6) is 1.28. The standard InChI is InChI=1S/C14H14ClN3S/c1-9-3-12-14(16-5-9)18(13(4-15)17-12)6-11-8-19-7-10(11)2/h3,5,7-8H,4,6H2,1-2H3. The van der Waals surface area contributed by atoms with E-state index in [-0.39, 0.29) is 0 Å². The minimum atomic E-state index is 0.401. The number of aromatic nitrogens is 3. The van der Waals surface area contributed by atoms with Crippen LogP contribution in [-0.2, 0) is 12.4 Å². The van der Waals surface area contributed by atoms with Gasteiger partial charge < -0.3 is 4.57 Å². The van der Waals surface area contributed by atoms with Gasteiger partial charge in [0.25, 0.3) is 0 Å². The number of imidazole rings is 1. The Morgan fingerprint density at radius 2 is 2.16 bits per heavy atom. The molecule has 3 aromatic rings. The van der Waals surface area contributed by atoms with Crippen LogP contribution in [0.1, 0.15) is 22.5 Å². The fourth-order valence-corrected chi connectivity index (χ4v) is 3.20. The topological polar surface area (TPSA) is 30.7 Å². The zero-order chi connectivity index (χ0) is 13.4. The number of thiophene rings is 1. The molecular formula is C14H14ClN3S. The largest absolute Gasteiger partial charge is 0.307 e. The summed E-state index contributed by atoms with van der Waals surface area (Å²) in [5.41, 5.74) is 5.55. The molecular weight excluding hydrogens is 278 g/mol. The van der Waals surface area contributed by atoms with E-state index < -0.39 is 0 Å². The summed E-state index contributed by atoms with van der Waals surface area (Å²) >= 11 is 7.74. The molecule has 0 aliphatic heterocycles. The fraction of sp³-hybridized carbons (Fsp3) is 0.286. The van der Waals surface area contributed by atoms with Crippen molar-refractivity contribution in [1.29, 1.82) is 0 Å². The van der Waals surface area contributed by atoms with Gasteiger partial charge in [0.2, 0.25) is 0 Å². The van der Waals surface area contributed by atoms with Gasteiger partial charge in [-0.25, -0.2) is 9.97 Å². The Morgan fingerprint density at radius 1 is 1.32 bits per heavy atom. The Hall–Kier alpha value is -1.39. The third-order valence-corrected chi connectivity index (χ3v) is 4.36. The Morgan fingerprint density at radius 3 is 2.84 bits per heavy atom. The van der Waals surface area contributed by atoms with Gasteiger partial charge in [-0.3, -0.25) is 0 Å². The van der Waals surface area contributed by atoms with Crippen molar-refractivity contribution >= 4 is 34.1 Å². The minimum absolute atomic E-state index is 0.401. The van der Waals surface area contributed by atoms with Gasteiger partial charge in [-0.1, -0.05) is 0 Å². The van der Waals surface area contributed by atoms with Crippen LogP contribution in [0, 0.1) is 13.8 Å². The number of halogens is 1. The van der Waals surface area contributed by atoms with Crippen LogP contribution in [0.2, 0.25) is 0 Å². The first-order valence-electron chi connectivity index (χ1n) is 6.08. The molecule has 5 heteroatoms.